The summed E-state index contributed by atoms with van der Waals surface area (Å²) in [6.45, 7) is 15.0. The molecule has 0 aromatic heterocycles. The number of halogens is 2. The quantitative estimate of drug-likeness (QED) is 0.364. The first-order chi connectivity index (χ1) is 14.7. The van der Waals surface area contributed by atoms with Crippen molar-refractivity contribution in [3.05, 3.63) is 29.3 Å². The summed E-state index contributed by atoms with van der Waals surface area (Å²) in [7, 11) is 0. The Kier molecular flexibility index (Phi) is 10.8. The number of benzene rings is 1. The van der Waals surface area contributed by atoms with E-state index in [-0.39, 0.29) is 17.8 Å². The van der Waals surface area contributed by atoms with Gasteiger partial charge in [-0.3, -0.25) is 4.79 Å². The molecular formula is C24H38BrClN2O4. The average molecular weight is 534 g/mol. The van der Waals surface area contributed by atoms with Crippen LogP contribution in [-0.2, 0) is 9.53 Å². The first-order valence-corrected chi connectivity index (χ1v) is 12.5. The maximum absolute atomic E-state index is 12.6. The smallest absolute Gasteiger partial charge is 0.407 e. The lowest BCUT2D eigenvalue weighted by Gasteiger charge is -2.39. The zero-order chi connectivity index (χ0) is 24.7. The number of carboxylic acid groups (broad SMARTS) is 1. The highest BCUT2D eigenvalue weighted by Crippen LogP contribution is 2.41. The number of ether oxygens (including phenoxy) is 1. The maximum Gasteiger partial charge on any atom is 0.407 e. The third kappa shape index (κ3) is 9.18. The molecule has 0 bridgehead atoms. The first-order valence-electron chi connectivity index (χ1n) is 10.9. The summed E-state index contributed by atoms with van der Waals surface area (Å²) in [5.41, 5.74) is 2.06. The van der Waals surface area contributed by atoms with Crippen molar-refractivity contribution in [1.29, 1.82) is 0 Å². The second kappa shape index (κ2) is 12.1. The minimum absolute atomic E-state index is 0.211. The van der Waals surface area contributed by atoms with Gasteiger partial charge in [0.05, 0.1) is 6.42 Å². The SMILES string of the molecule is Cc1ccc(N(CCCl)CCBr)cc1C([C@@H](CC(=O)O)NC(=O)OC(C)(C)C)C(C)(C)C. The van der Waals surface area contributed by atoms with Crippen LogP contribution in [-0.4, -0.2) is 53.1 Å². The number of carbonyl (C=O) groups excluding carboxylic acids is 1. The van der Waals surface area contributed by atoms with E-state index in [0.717, 1.165) is 28.7 Å². The molecule has 6 nitrogen and oxygen atoms in total. The van der Waals surface area contributed by atoms with Crippen molar-refractivity contribution in [3.63, 3.8) is 0 Å². The van der Waals surface area contributed by atoms with Gasteiger partial charge in [0.15, 0.2) is 0 Å². The number of anilines is 1. The van der Waals surface area contributed by atoms with Gasteiger partial charge in [0.1, 0.15) is 5.60 Å². The van der Waals surface area contributed by atoms with Crippen molar-refractivity contribution in [2.24, 2.45) is 5.41 Å². The lowest BCUT2D eigenvalue weighted by atomic mass is 9.70. The standard InChI is InChI=1S/C24H38BrClN2O4/c1-16-8-9-17(28(12-10-25)13-11-26)14-18(16)21(23(2,3)4)19(15-20(29)30)27-22(31)32-24(5,6)7/h8-9,14,19,21H,10-13,15H2,1-7H3,(H,27,31)(H,29,30)/t19-,21?/m1/s1. The Morgan fingerprint density at radius 3 is 2.28 bits per heavy atom. The van der Waals surface area contributed by atoms with Crippen molar-refractivity contribution in [3.8, 4) is 0 Å². The molecule has 0 aliphatic carbocycles. The Morgan fingerprint density at radius 1 is 1.19 bits per heavy atom. The fraction of sp³-hybridized carbons (Fsp3) is 0.667. The molecule has 0 saturated heterocycles. The van der Waals surface area contributed by atoms with Crippen LogP contribution in [0.5, 0.6) is 0 Å². The van der Waals surface area contributed by atoms with Crippen LogP contribution in [0.15, 0.2) is 18.2 Å². The van der Waals surface area contributed by atoms with E-state index >= 15 is 0 Å². The molecule has 1 unspecified atom stereocenters. The molecule has 0 spiro atoms. The van der Waals surface area contributed by atoms with Crippen molar-refractivity contribution in [2.45, 2.75) is 72.4 Å². The summed E-state index contributed by atoms with van der Waals surface area (Å²) in [6.07, 6.45) is -0.827. The molecule has 1 amide bonds. The number of carbonyl (C=O) groups is 2. The highest BCUT2D eigenvalue weighted by atomic mass is 79.9. The minimum Gasteiger partial charge on any atom is -0.481 e. The van der Waals surface area contributed by atoms with E-state index in [4.69, 9.17) is 16.3 Å². The summed E-state index contributed by atoms with van der Waals surface area (Å²) in [5.74, 6) is -0.731. The average Bonchev–Trinajstić information content (AvgIpc) is 2.60. The van der Waals surface area contributed by atoms with Gasteiger partial charge in [-0.2, -0.15) is 0 Å². The number of aryl methyl sites for hydroxylation is 1. The van der Waals surface area contributed by atoms with Crippen LogP contribution >= 0.6 is 27.5 Å². The zero-order valence-corrected chi connectivity index (χ0v) is 22.6. The molecule has 0 fully saturated rings. The molecule has 2 N–H and O–H groups in total. The van der Waals surface area contributed by atoms with Crippen LogP contribution in [0.4, 0.5) is 10.5 Å². The Morgan fingerprint density at radius 2 is 1.81 bits per heavy atom. The lowest BCUT2D eigenvalue weighted by molar-refractivity contribution is -0.137. The highest BCUT2D eigenvalue weighted by molar-refractivity contribution is 9.09. The van der Waals surface area contributed by atoms with E-state index in [2.05, 4.69) is 59.1 Å². The van der Waals surface area contributed by atoms with E-state index < -0.39 is 23.7 Å². The third-order valence-electron chi connectivity index (χ3n) is 5.10. The molecule has 0 aliphatic rings. The molecule has 32 heavy (non-hydrogen) atoms. The Labute approximate surface area is 206 Å². The van der Waals surface area contributed by atoms with E-state index in [0.29, 0.717) is 12.4 Å². The van der Waals surface area contributed by atoms with Gasteiger partial charge in [-0.1, -0.05) is 42.8 Å². The van der Waals surface area contributed by atoms with E-state index in [1.54, 1.807) is 20.8 Å². The van der Waals surface area contributed by atoms with Crippen LogP contribution in [0, 0.1) is 12.3 Å². The number of alkyl halides is 2. The number of rotatable bonds is 10. The summed E-state index contributed by atoms with van der Waals surface area (Å²) >= 11 is 9.52. The van der Waals surface area contributed by atoms with Gasteiger partial charge in [-0.25, -0.2) is 4.79 Å². The Bertz CT molecular complexity index is 768. The molecule has 1 aromatic rings. The van der Waals surface area contributed by atoms with Gasteiger partial charge in [-0.15, -0.1) is 11.6 Å². The normalized spacial score (nSPS) is 13.9. The van der Waals surface area contributed by atoms with Crippen molar-refractivity contribution >= 4 is 45.3 Å². The number of hydrogen-bond acceptors (Lipinski definition) is 4. The number of nitrogens with zero attached hydrogens (tertiary/aromatic N) is 1. The third-order valence-corrected chi connectivity index (χ3v) is 5.63. The monoisotopic (exact) mass is 532 g/mol. The minimum atomic E-state index is -0.975. The predicted molar refractivity (Wildman–Crippen MR) is 136 cm³/mol. The maximum atomic E-state index is 12.6. The molecule has 0 radical (unpaired) electrons. The molecule has 1 aromatic carbocycles. The molecule has 8 heteroatoms. The van der Waals surface area contributed by atoms with E-state index in [9.17, 15) is 14.7 Å². The summed E-state index contributed by atoms with van der Waals surface area (Å²) in [5, 5.41) is 13.3. The molecule has 0 heterocycles. The summed E-state index contributed by atoms with van der Waals surface area (Å²) in [4.78, 5) is 26.5. The second-order valence-corrected chi connectivity index (χ2v) is 11.3. The van der Waals surface area contributed by atoms with Gasteiger partial charge >= 0.3 is 12.1 Å². The molecule has 0 aliphatic heterocycles. The molecular weight excluding hydrogens is 496 g/mol. The van der Waals surface area contributed by atoms with E-state index in [1.165, 1.54) is 0 Å². The van der Waals surface area contributed by atoms with Gasteiger partial charge in [0.2, 0.25) is 0 Å². The van der Waals surface area contributed by atoms with Crippen LogP contribution in [0.3, 0.4) is 0 Å². The van der Waals surface area contributed by atoms with Gasteiger partial charge in [0.25, 0.3) is 0 Å². The Balaban J connectivity index is 3.49. The largest absolute Gasteiger partial charge is 0.481 e. The zero-order valence-electron chi connectivity index (χ0n) is 20.3. The van der Waals surface area contributed by atoms with Crippen LogP contribution < -0.4 is 10.2 Å². The van der Waals surface area contributed by atoms with Crippen molar-refractivity contribution < 1.29 is 19.4 Å². The first kappa shape index (κ1) is 28.6. The fourth-order valence-electron chi connectivity index (χ4n) is 3.92. The van der Waals surface area contributed by atoms with E-state index in [1.807, 2.05) is 13.0 Å². The molecule has 182 valence electrons. The fourth-order valence-corrected chi connectivity index (χ4v) is 4.55. The van der Waals surface area contributed by atoms with Crippen LogP contribution in [0.1, 0.15) is 65.0 Å². The number of nitrogens with one attached hydrogen (secondary N) is 1. The molecule has 2 atom stereocenters. The van der Waals surface area contributed by atoms with Gasteiger partial charge in [0, 0.05) is 41.9 Å². The van der Waals surface area contributed by atoms with Gasteiger partial charge < -0.3 is 20.1 Å². The molecule has 0 saturated carbocycles. The lowest BCUT2D eigenvalue weighted by Crippen LogP contribution is -2.46. The number of hydrogen-bond donors (Lipinski definition) is 2. The number of aliphatic carboxylic acids is 1. The predicted octanol–water partition coefficient (Wildman–Crippen LogP) is 5.93. The Hall–Kier alpha value is -1.47. The second-order valence-electron chi connectivity index (χ2n) is 10.1. The van der Waals surface area contributed by atoms with Crippen molar-refractivity contribution in [2.75, 3.05) is 29.2 Å². The molecule has 1 rings (SSSR count). The van der Waals surface area contributed by atoms with Crippen LogP contribution in [0.2, 0.25) is 0 Å². The topological polar surface area (TPSA) is 78.9 Å². The van der Waals surface area contributed by atoms with Crippen molar-refractivity contribution in [1.82, 2.24) is 5.32 Å². The summed E-state index contributed by atoms with van der Waals surface area (Å²) < 4.78 is 5.43. The van der Waals surface area contributed by atoms with Gasteiger partial charge in [-0.05, 0) is 56.4 Å². The number of amides is 1. The number of alkyl carbamates (subject to hydrolysis) is 1. The highest BCUT2D eigenvalue weighted by Gasteiger charge is 2.37. The number of carboxylic acids is 1. The van der Waals surface area contributed by atoms with Crippen LogP contribution in [0.25, 0.3) is 0 Å². The summed E-state index contributed by atoms with van der Waals surface area (Å²) in [6, 6.07) is 5.56.